The molecular weight excluding hydrogens is 336 g/mol. The highest BCUT2D eigenvalue weighted by Gasteiger charge is 2.33. The Bertz CT molecular complexity index is 781. The number of hydrogen-bond acceptors (Lipinski definition) is 2. The van der Waals surface area contributed by atoms with Gasteiger partial charge in [-0.2, -0.15) is 0 Å². The van der Waals surface area contributed by atoms with Crippen molar-refractivity contribution in [2.24, 2.45) is 5.92 Å². The molecule has 1 fully saturated rings. The van der Waals surface area contributed by atoms with Gasteiger partial charge in [-0.25, -0.2) is 0 Å². The molecular formula is C23H28N2O2. The Hall–Kier alpha value is -2.62. The van der Waals surface area contributed by atoms with Crippen molar-refractivity contribution in [2.75, 3.05) is 19.6 Å². The number of amides is 2. The van der Waals surface area contributed by atoms with Crippen molar-refractivity contribution in [3.05, 3.63) is 70.8 Å². The third kappa shape index (κ3) is 5.43. The van der Waals surface area contributed by atoms with Gasteiger partial charge >= 0.3 is 0 Å². The van der Waals surface area contributed by atoms with Gasteiger partial charge in [-0.3, -0.25) is 9.59 Å². The summed E-state index contributed by atoms with van der Waals surface area (Å²) in [4.78, 5) is 26.5. The molecule has 0 aromatic heterocycles. The van der Waals surface area contributed by atoms with Crippen LogP contribution in [0, 0.1) is 19.8 Å². The van der Waals surface area contributed by atoms with Gasteiger partial charge < -0.3 is 10.2 Å². The first kappa shape index (κ1) is 19.2. The van der Waals surface area contributed by atoms with E-state index >= 15 is 0 Å². The maximum atomic E-state index is 12.4. The van der Waals surface area contributed by atoms with Crippen molar-refractivity contribution < 1.29 is 9.59 Å². The zero-order valence-electron chi connectivity index (χ0n) is 16.2. The number of nitrogens with zero attached hydrogens (tertiary/aromatic N) is 1. The van der Waals surface area contributed by atoms with Gasteiger partial charge in [-0.15, -0.1) is 0 Å². The number of benzene rings is 2. The average Bonchev–Trinajstić information content (AvgIpc) is 3.04. The molecule has 0 radical (unpaired) electrons. The molecule has 2 aromatic rings. The summed E-state index contributed by atoms with van der Waals surface area (Å²) in [6.07, 6.45) is 1.96. The van der Waals surface area contributed by atoms with Crippen molar-refractivity contribution in [1.29, 1.82) is 0 Å². The Balaban J connectivity index is 1.42. The van der Waals surface area contributed by atoms with E-state index in [1.807, 2.05) is 4.90 Å². The minimum Gasteiger partial charge on any atom is -0.355 e. The Kier molecular flexibility index (Phi) is 6.28. The number of aryl methyl sites for hydroxylation is 2. The summed E-state index contributed by atoms with van der Waals surface area (Å²) in [6.45, 7) is 5.94. The van der Waals surface area contributed by atoms with Crippen molar-refractivity contribution >= 4 is 11.8 Å². The summed E-state index contributed by atoms with van der Waals surface area (Å²) < 4.78 is 0. The molecule has 3 rings (SSSR count). The predicted octanol–water partition coefficient (Wildman–Crippen LogP) is 3.05. The molecule has 1 atom stereocenters. The van der Waals surface area contributed by atoms with E-state index in [-0.39, 0.29) is 17.7 Å². The molecule has 1 heterocycles. The molecule has 0 unspecified atom stereocenters. The molecule has 0 spiro atoms. The Morgan fingerprint density at radius 1 is 0.963 bits per heavy atom. The second kappa shape index (κ2) is 8.85. The number of rotatable bonds is 7. The maximum absolute atomic E-state index is 12.4. The Morgan fingerprint density at radius 2 is 1.52 bits per heavy atom. The van der Waals surface area contributed by atoms with E-state index in [2.05, 4.69) is 67.7 Å². The van der Waals surface area contributed by atoms with E-state index in [4.69, 9.17) is 0 Å². The van der Waals surface area contributed by atoms with E-state index in [9.17, 15) is 9.59 Å². The minimum atomic E-state index is -0.228. The molecule has 1 aliphatic heterocycles. The molecule has 2 amide bonds. The van der Waals surface area contributed by atoms with Gasteiger partial charge in [0.25, 0.3) is 0 Å². The molecule has 0 saturated carbocycles. The fraction of sp³-hybridized carbons (Fsp3) is 0.391. The van der Waals surface area contributed by atoms with Crippen molar-refractivity contribution in [3.63, 3.8) is 0 Å². The number of hydrogen-bond donors (Lipinski definition) is 1. The van der Waals surface area contributed by atoms with Crippen LogP contribution in [0.15, 0.2) is 48.5 Å². The molecule has 27 heavy (non-hydrogen) atoms. The van der Waals surface area contributed by atoms with Crippen LogP contribution in [0.1, 0.15) is 28.7 Å². The van der Waals surface area contributed by atoms with Crippen LogP contribution in [-0.2, 0) is 22.4 Å². The fourth-order valence-corrected chi connectivity index (χ4v) is 3.41. The van der Waals surface area contributed by atoms with Gasteiger partial charge in [0.1, 0.15) is 0 Å². The summed E-state index contributed by atoms with van der Waals surface area (Å²) in [5.41, 5.74) is 4.90. The van der Waals surface area contributed by atoms with E-state index in [1.165, 1.54) is 22.3 Å². The van der Waals surface area contributed by atoms with E-state index in [0.717, 1.165) is 12.8 Å². The first-order valence-corrected chi connectivity index (χ1v) is 9.68. The second-order valence-electron chi connectivity index (χ2n) is 7.50. The average molecular weight is 364 g/mol. The summed E-state index contributed by atoms with van der Waals surface area (Å²) in [5.74, 6) is -0.150. The lowest BCUT2D eigenvalue weighted by Crippen LogP contribution is -2.34. The largest absolute Gasteiger partial charge is 0.355 e. The molecule has 2 aromatic carbocycles. The zero-order chi connectivity index (χ0) is 19.2. The fourth-order valence-electron chi connectivity index (χ4n) is 3.41. The number of nitrogens with one attached hydrogen (secondary N) is 1. The van der Waals surface area contributed by atoms with Crippen LogP contribution in [0.2, 0.25) is 0 Å². The maximum Gasteiger partial charge on any atom is 0.225 e. The third-order valence-corrected chi connectivity index (χ3v) is 5.21. The Labute approximate surface area is 161 Å². The number of carbonyl (C=O) groups is 2. The van der Waals surface area contributed by atoms with Gasteiger partial charge in [0.2, 0.25) is 11.8 Å². The van der Waals surface area contributed by atoms with Crippen LogP contribution in [-0.4, -0.2) is 36.3 Å². The molecule has 1 N–H and O–H groups in total. The van der Waals surface area contributed by atoms with Crippen molar-refractivity contribution in [1.82, 2.24) is 10.2 Å². The standard InChI is InChI=1S/C23H28N2O2/c1-17-3-7-19(8-4-17)11-13-24-23(27)21-15-22(26)25(16-21)14-12-20-9-5-18(2)6-10-20/h3-10,21H,11-16H2,1-2H3,(H,24,27)/t21-/m1/s1. The minimum absolute atomic E-state index is 0.00621. The summed E-state index contributed by atoms with van der Waals surface area (Å²) in [5, 5.41) is 2.99. The molecule has 4 heteroatoms. The third-order valence-electron chi connectivity index (χ3n) is 5.21. The molecule has 142 valence electrons. The summed E-state index contributed by atoms with van der Waals surface area (Å²) in [6, 6.07) is 16.7. The summed E-state index contributed by atoms with van der Waals surface area (Å²) >= 11 is 0. The highest BCUT2D eigenvalue weighted by molar-refractivity contribution is 5.89. The molecule has 1 saturated heterocycles. The highest BCUT2D eigenvalue weighted by Crippen LogP contribution is 2.18. The van der Waals surface area contributed by atoms with Gasteiger partial charge in [-0.1, -0.05) is 59.7 Å². The van der Waals surface area contributed by atoms with Gasteiger partial charge in [-0.05, 0) is 37.8 Å². The first-order valence-electron chi connectivity index (χ1n) is 9.68. The van der Waals surface area contributed by atoms with Gasteiger partial charge in [0.15, 0.2) is 0 Å². The number of likely N-dealkylation sites (tertiary alicyclic amines) is 1. The smallest absolute Gasteiger partial charge is 0.225 e. The number of carbonyl (C=O) groups excluding carboxylic acids is 2. The quantitative estimate of drug-likeness (QED) is 0.821. The molecule has 4 nitrogen and oxygen atoms in total. The lowest BCUT2D eigenvalue weighted by Gasteiger charge is -2.16. The van der Waals surface area contributed by atoms with Crippen molar-refractivity contribution in [2.45, 2.75) is 33.1 Å². The van der Waals surface area contributed by atoms with Crippen LogP contribution < -0.4 is 5.32 Å². The van der Waals surface area contributed by atoms with Crippen LogP contribution in [0.3, 0.4) is 0 Å². The van der Waals surface area contributed by atoms with Gasteiger partial charge in [0, 0.05) is 26.1 Å². The highest BCUT2D eigenvalue weighted by atomic mass is 16.2. The topological polar surface area (TPSA) is 49.4 Å². The molecule has 0 aliphatic carbocycles. The van der Waals surface area contributed by atoms with E-state index in [1.54, 1.807) is 0 Å². The van der Waals surface area contributed by atoms with Crippen molar-refractivity contribution in [3.8, 4) is 0 Å². The second-order valence-corrected chi connectivity index (χ2v) is 7.50. The molecule has 1 aliphatic rings. The van der Waals surface area contributed by atoms with Crippen LogP contribution in [0.25, 0.3) is 0 Å². The lowest BCUT2D eigenvalue weighted by molar-refractivity contribution is -0.129. The van der Waals surface area contributed by atoms with E-state index in [0.29, 0.717) is 26.1 Å². The monoisotopic (exact) mass is 364 g/mol. The zero-order valence-corrected chi connectivity index (χ0v) is 16.2. The molecule has 0 bridgehead atoms. The van der Waals surface area contributed by atoms with Crippen LogP contribution >= 0.6 is 0 Å². The summed E-state index contributed by atoms with van der Waals surface area (Å²) in [7, 11) is 0. The van der Waals surface area contributed by atoms with Crippen LogP contribution in [0.5, 0.6) is 0 Å². The van der Waals surface area contributed by atoms with Gasteiger partial charge in [0.05, 0.1) is 5.92 Å². The SMILES string of the molecule is Cc1ccc(CCNC(=O)[C@@H]2CC(=O)N(CCc3ccc(C)cc3)C2)cc1. The lowest BCUT2D eigenvalue weighted by atomic mass is 10.1. The van der Waals surface area contributed by atoms with E-state index < -0.39 is 0 Å². The Morgan fingerprint density at radius 3 is 2.11 bits per heavy atom. The predicted molar refractivity (Wildman–Crippen MR) is 107 cm³/mol. The first-order chi connectivity index (χ1) is 13.0. The normalized spacial score (nSPS) is 16.6. The van der Waals surface area contributed by atoms with Crippen LogP contribution in [0.4, 0.5) is 0 Å².